The second-order valence-corrected chi connectivity index (χ2v) is 7.37. The molecular weight excluding hydrogens is 290 g/mol. The van der Waals surface area contributed by atoms with Crippen LogP contribution in [0.15, 0.2) is 36.1 Å². The Labute approximate surface area is 137 Å². The van der Waals surface area contributed by atoms with Crippen LogP contribution in [0.2, 0.25) is 0 Å². The van der Waals surface area contributed by atoms with Gasteiger partial charge in [0.05, 0.1) is 24.8 Å². The first-order valence-electron chi connectivity index (χ1n) is 8.25. The molecule has 4 atom stereocenters. The van der Waals surface area contributed by atoms with Gasteiger partial charge in [0.15, 0.2) is 5.72 Å². The summed E-state index contributed by atoms with van der Waals surface area (Å²) in [4.78, 5) is 14.5. The summed E-state index contributed by atoms with van der Waals surface area (Å²) in [5, 5.41) is 0. The summed E-state index contributed by atoms with van der Waals surface area (Å²) in [6.45, 7) is 6.31. The van der Waals surface area contributed by atoms with Crippen molar-refractivity contribution in [1.29, 1.82) is 0 Å². The number of nitrogens with zero attached hydrogens (tertiary/aromatic N) is 1. The van der Waals surface area contributed by atoms with Crippen molar-refractivity contribution in [3.8, 4) is 0 Å². The van der Waals surface area contributed by atoms with Gasteiger partial charge in [0.25, 0.3) is 0 Å². The monoisotopic (exact) mass is 313 g/mol. The van der Waals surface area contributed by atoms with Crippen LogP contribution in [0.4, 0.5) is 4.79 Å². The van der Waals surface area contributed by atoms with Gasteiger partial charge in [0.1, 0.15) is 0 Å². The Balaban J connectivity index is 2.03. The molecule has 0 saturated carbocycles. The molecule has 1 unspecified atom stereocenters. The SMILES string of the molecule is COC(=O)N1[C@H]2CC[C@@]3(C)C=C(C)O[C@]1(C)C3c1ccccc12. The molecule has 1 aliphatic carbocycles. The van der Waals surface area contributed by atoms with E-state index in [-0.39, 0.29) is 23.5 Å². The summed E-state index contributed by atoms with van der Waals surface area (Å²) in [6.07, 6.45) is 3.89. The molecule has 3 aliphatic heterocycles. The fourth-order valence-electron chi connectivity index (χ4n) is 5.29. The van der Waals surface area contributed by atoms with E-state index in [0.29, 0.717) is 0 Å². The van der Waals surface area contributed by atoms with Gasteiger partial charge in [-0.2, -0.15) is 0 Å². The topological polar surface area (TPSA) is 38.8 Å². The van der Waals surface area contributed by atoms with Crippen molar-refractivity contribution in [3.63, 3.8) is 0 Å². The highest BCUT2D eigenvalue weighted by Gasteiger charge is 2.62. The van der Waals surface area contributed by atoms with Crippen LogP contribution >= 0.6 is 0 Å². The molecular formula is C19H23NO3. The molecule has 0 aromatic heterocycles. The molecule has 0 spiro atoms. The Morgan fingerprint density at radius 1 is 1.30 bits per heavy atom. The number of ether oxygens (including phenoxy) is 2. The molecule has 1 aromatic rings. The highest BCUT2D eigenvalue weighted by atomic mass is 16.6. The predicted molar refractivity (Wildman–Crippen MR) is 86.8 cm³/mol. The van der Waals surface area contributed by atoms with Crippen LogP contribution in [0.5, 0.6) is 0 Å². The fourth-order valence-corrected chi connectivity index (χ4v) is 5.29. The van der Waals surface area contributed by atoms with Crippen LogP contribution in [-0.2, 0) is 9.47 Å². The molecule has 4 heteroatoms. The molecule has 23 heavy (non-hydrogen) atoms. The number of carbonyl (C=O) groups excluding carboxylic acids is 1. The first-order valence-corrected chi connectivity index (χ1v) is 8.25. The fraction of sp³-hybridized carbons (Fsp3) is 0.526. The van der Waals surface area contributed by atoms with Crippen molar-refractivity contribution in [3.05, 3.63) is 47.2 Å². The van der Waals surface area contributed by atoms with E-state index < -0.39 is 5.72 Å². The average Bonchev–Trinajstić information content (AvgIpc) is 2.65. The molecule has 3 heterocycles. The number of benzene rings is 1. The van der Waals surface area contributed by atoms with Gasteiger partial charge in [0, 0.05) is 5.41 Å². The normalized spacial score (nSPS) is 37.4. The highest BCUT2D eigenvalue weighted by Crippen LogP contribution is 2.63. The third kappa shape index (κ3) is 1.75. The molecule has 0 radical (unpaired) electrons. The largest absolute Gasteiger partial charge is 0.472 e. The van der Waals surface area contributed by atoms with Gasteiger partial charge in [-0.05, 0) is 43.9 Å². The van der Waals surface area contributed by atoms with E-state index in [2.05, 4.69) is 37.3 Å². The maximum atomic E-state index is 12.6. The minimum atomic E-state index is -0.712. The maximum Gasteiger partial charge on any atom is 0.413 e. The Kier molecular flexibility index (Phi) is 2.88. The Morgan fingerprint density at radius 3 is 2.70 bits per heavy atom. The van der Waals surface area contributed by atoms with Crippen LogP contribution in [0.3, 0.4) is 0 Å². The van der Waals surface area contributed by atoms with Gasteiger partial charge in [0.2, 0.25) is 0 Å². The lowest BCUT2D eigenvalue weighted by molar-refractivity contribution is -0.160. The number of methoxy groups -OCH3 is 1. The number of hydrogen-bond acceptors (Lipinski definition) is 3. The molecule has 1 fully saturated rings. The van der Waals surface area contributed by atoms with Crippen molar-refractivity contribution in [2.45, 2.75) is 51.3 Å². The zero-order valence-electron chi connectivity index (χ0n) is 14.1. The molecule has 4 aliphatic rings. The Bertz CT molecular complexity index is 712. The average molecular weight is 313 g/mol. The smallest absolute Gasteiger partial charge is 0.413 e. The van der Waals surface area contributed by atoms with Crippen LogP contribution in [0.1, 0.15) is 56.7 Å². The van der Waals surface area contributed by atoms with Gasteiger partial charge in [-0.3, -0.25) is 4.90 Å². The quantitative estimate of drug-likeness (QED) is 0.715. The summed E-state index contributed by atoms with van der Waals surface area (Å²) in [5.41, 5.74) is 1.81. The molecule has 1 aromatic carbocycles. The van der Waals surface area contributed by atoms with E-state index in [9.17, 15) is 4.79 Å². The van der Waals surface area contributed by atoms with Crippen molar-refractivity contribution < 1.29 is 14.3 Å². The number of rotatable bonds is 0. The van der Waals surface area contributed by atoms with E-state index in [0.717, 1.165) is 18.6 Å². The first kappa shape index (κ1) is 14.6. The lowest BCUT2D eigenvalue weighted by atomic mass is 9.64. The molecule has 1 amide bonds. The van der Waals surface area contributed by atoms with Gasteiger partial charge in [-0.15, -0.1) is 0 Å². The summed E-state index contributed by atoms with van der Waals surface area (Å²) in [6, 6.07) is 8.48. The van der Waals surface area contributed by atoms with E-state index in [1.165, 1.54) is 18.2 Å². The maximum absolute atomic E-state index is 12.6. The Morgan fingerprint density at radius 2 is 2.00 bits per heavy atom. The first-order chi connectivity index (χ1) is 10.9. The zero-order valence-corrected chi connectivity index (χ0v) is 14.1. The number of amides is 1. The summed E-state index contributed by atoms with van der Waals surface area (Å²) < 4.78 is 11.4. The second kappa shape index (κ2) is 4.53. The molecule has 1 saturated heterocycles. The summed E-state index contributed by atoms with van der Waals surface area (Å²) >= 11 is 0. The lowest BCUT2D eigenvalue weighted by Crippen LogP contribution is -2.61. The van der Waals surface area contributed by atoms with Gasteiger partial charge >= 0.3 is 6.09 Å². The molecule has 0 N–H and O–H groups in total. The number of carbonyl (C=O) groups is 1. The van der Waals surface area contributed by atoms with Crippen LogP contribution in [-0.4, -0.2) is 23.8 Å². The standard InChI is InChI=1S/C19H23NO3/c1-12-11-18(2)10-9-15-13-7-5-6-8-14(13)16(18)19(3,23-12)20(15)17(21)22-4/h5-8,11,15-16H,9-10H2,1-4H3/t15-,16?,18-,19+/m0/s1. The third-order valence-electron chi connectivity index (χ3n) is 5.88. The second-order valence-electron chi connectivity index (χ2n) is 7.37. The van der Waals surface area contributed by atoms with E-state index in [4.69, 9.17) is 9.47 Å². The van der Waals surface area contributed by atoms with Gasteiger partial charge in [-0.25, -0.2) is 4.79 Å². The van der Waals surface area contributed by atoms with Crippen LogP contribution < -0.4 is 0 Å². The number of allylic oxidation sites excluding steroid dienone is 2. The zero-order chi connectivity index (χ0) is 16.4. The molecule has 5 rings (SSSR count). The number of hydrogen-bond donors (Lipinski definition) is 0. The molecule has 4 bridgehead atoms. The van der Waals surface area contributed by atoms with Crippen LogP contribution in [0, 0.1) is 5.41 Å². The minimum absolute atomic E-state index is 0.000949. The third-order valence-corrected chi connectivity index (χ3v) is 5.88. The van der Waals surface area contributed by atoms with Crippen molar-refractivity contribution >= 4 is 6.09 Å². The highest BCUT2D eigenvalue weighted by molar-refractivity contribution is 5.71. The van der Waals surface area contributed by atoms with E-state index >= 15 is 0 Å². The van der Waals surface area contributed by atoms with Gasteiger partial charge < -0.3 is 9.47 Å². The molecule has 122 valence electrons. The Hall–Kier alpha value is -1.97. The lowest BCUT2D eigenvalue weighted by Gasteiger charge is -2.56. The van der Waals surface area contributed by atoms with Crippen molar-refractivity contribution in [2.24, 2.45) is 5.41 Å². The minimum Gasteiger partial charge on any atom is -0.472 e. The van der Waals surface area contributed by atoms with Crippen LogP contribution in [0.25, 0.3) is 0 Å². The van der Waals surface area contributed by atoms with E-state index in [1.54, 1.807) is 0 Å². The van der Waals surface area contributed by atoms with Gasteiger partial charge in [-0.1, -0.05) is 31.2 Å². The summed E-state index contributed by atoms with van der Waals surface area (Å²) in [5.74, 6) is 0.993. The number of fused-ring (bicyclic) bond motifs is 1. The van der Waals surface area contributed by atoms with E-state index in [1.807, 2.05) is 18.7 Å². The summed E-state index contributed by atoms with van der Waals surface area (Å²) in [7, 11) is 1.45. The van der Waals surface area contributed by atoms with Crippen molar-refractivity contribution in [2.75, 3.05) is 7.11 Å². The predicted octanol–water partition coefficient (Wildman–Crippen LogP) is 4.34. The molecule has 4 nitrogen and oxygen atoms in total. The van der Waals surface area contributed by atoms with Crippen molar-refractivity contribution in [1.82, 2.24) is 4.90 Å².